The first-order chi connectivity index (χ1) is 18.9. The summed E-state index contributed by atoms with van der Waals surface area (Å²) in [5, 5.41) is 0.416. The summed E-state index contributed by atoms with van der Waals surface area (Å²) in [5.74, 6) is -1.35. The molecule has 1 aliphatic rings. The molecule has 4 aromatic rings. The Balaban J connectivity index is 1.49. The number of esters is 2. The first-order valence-electron chi connectivity index (χ1n) is 12.4. The van der Waals surface area contributed by atoms with Crippen molar-refractivity contribution in [1.82, 2.24) is 4.90 Å². The molecule has 39 heavy (non-hydrogen) atoms. The summed E-state index contributed by atoms with van der Waals surface area (Å²) in [6, 6.07) is 19.2. The maximum Gasteiger partial charge on any atom is 0.342 e. The highest BCUT2D eigenvalue weighted by molar-refractivity contribution is 7.98. The summed E-state index contributed by atoms with van der Waals surface area (Å²) < 4.78 is 17.0. The second-order valence-electron chi connectivity index (χ2n) is 8.79. The molecule has 198 valence electrons. The van der Waals surface area contributed by atoms with Crippen molar-refractivity contribution < 1.29 is 33.1 Å². The van der Waals surface area contributed by atoms with Crippen molar-refractivity contribution in [3.8, 4) is 17.1 Å². The summed E-state index contributed by atoms with van der Waals surface area (Å²) >= 11 is 1.49. The molecule has 0 aliphatic carbocycles. The van der Waals surface area contributed by atoms with Crippen LogP contribution in [0.4, 0.5) is 0 Å². The molecule has 5 rings (SSSR count). The van der Waals surface area contributed by atoms with E-state index in [1.165, 1.54) is 17.8 Å². The summed E-state index contributed by atoms with van der Waals surface area (Å²) in [6.45, 7) is 1.88. The lowest BCUT2D eigenvalue weighted by molar-refractivity contribution is -0.138. The lowest BCUT2D eigenvalue weighted by atomic mass is 10.1. The lowest BCUT2D eigenvalue weighted by Gasteiger charge is -2.24. The lowest BCUT2D eigenvalue weighted by Crippen LogP contribution is -2.47. The van der Waals surface area contributed by atoms with E-state index in [4.69, 9.17) is 13.9 Å². The number of hydrogen-bond acceptors (Lipinski definition) is 8. The van der Waals surface area contributed by atoms with Crippen LogP contribution in [-0.2, 0) is 9.53 Å². The number of amides is 2. The van der Waals surface area contributed by atoms with Crippen LogP contribution in [0.5, 0.6) is 5.75 Å². The molecule has 8 nitrogen and oxygen atoms in total. The van der Waals surface area contributed by atoms with Crippen molar-refractivity contribution in [3.63, 3.8) is 0 Å². The molecule has 3 aromatic carbocycles. The Labute approximate surface area is 228 Å². The molecule has 0 radical (unpaired) electrons. The quantitative estimate of drug-likeness (QED) is 0.153. The zero-order valence-corrected chi connectivity index (χ0v) is 22.2. The van der Waals surface area contributed by atoms with Gasteiger partial charge in [-0.05, 0) is 55.7 Å². The fourth-order valence-electron chi connectivity index (χ4n) is 4.60. The van der Waals surface area contributed by atoms with E-state index in [0.717, 1.165) is 4.90 Å². The molecule has 2 amide bonds. The van der Waals surface area contributed by atoms with Crippen LogP contribution in [0, 0.1) is 0 Å². The Morgan fingerprint density at radius 1 is 0.949 bits per heavy atom. The van der Waals surface area contributed by atoms with Gasteiger partial charge < -0.3 is 13.9 Å². The van der Waals surface area contributed by atoms with E-state index in [1.807, 2.05) is 36.6 Å². The molecular weight excluding hydrogens is 518 g/mol. The first kappa shape index (κ1) is 26.2. The van der Waals surface area contributed by atoms with Gasteiger partial charge in [0, 0.05) is 10.9 Å². The molecule has 9 heteroatoms. The predicted molar refractivity (Wildman–Crippen MR) is 147 cm³/mol. The molecule has 0 N–H and O–H groups in total. The van der Waals surface area contributed by atoms with Gasteiger partial charge in [-0.2, -0.15) is 11.8 Å². The third kappa shape index (κ3) is 4.93. The van der Waals surface area contributed by atoms with E-state index in [9.17, 15) is 19.2 Å². The molecule has 0 saturated carbocycles. The molecule has 1 aliphatic heterocycles. The molecule has 0 spiro atoms. The normalized spacial score (nSPS) is 13.4. The topological polar surface area (TPSA) is 103 Å². The number of fused-ring (bicyclic) bond motifs is 2. The van der Waals surface area contributed by atoms with E-state index in [0.29, 0.717) is 28.0 Å². The first-order valence-corrected chi connectivity index (χ1v) is 13.8. The number of carbonyl (C=O) groups is 4. The Morgan fingerprint density at radius 3 is 2.26 bits per heavy atom. The molecule has 0 fully saturated rings. The molecule has 1 atom stereocenters. The summed E-state index contributed by atoms with van der Waals surface area (Å²) in [7, 11) is 0. The van der Waals surface area contributed by atoms with Crippen molar-refractivity contribution >= 4 is 46.5 Å². The minimum absolute atomic E-state index is 0.143. The molecule has 0 bridgehead atoms. The van der Waals surface area contributed by atoms with Crippen molar-refractivity contribution in [3.05, 3.63) is 89.5 Å². The van der Waals surface area contributed by atoms with Gasteiger partial charge in [-0.25, -0.2) is 9.59 Å². The van der Waals surface area contributed by atoms with Gasteiger partial charge in [0.15, 0.2) is 0 Å². The standard InChI is InChI=1S/C30H25NO7S/c1-3-36-30(35)25-22-17-19(13-14-24(22)38-26(25)18-9-5-4-6-10-18)37-29(34)23(15-16-39-2)31-27(32)20-11-7-8-12-21(20)28(31)33/h4-14,17,23H,3,15-16H2,1-2H3/t23-/m1/s1. The second-order valence-corrected chi connectivity index (χ2v) is 9.78. The third-order valence-corrected chi connectivity index (χ3v) is 7.04. The average molecular weight is 544 g/mol. The van der Waals surface area contributed by atoms with E-state index < -0.39 is 29.8 Å². The van der Waals surface area contributed by atoms with Crippen molar-refractivity contribution in [2.45, 2.75) is 19.4 Å². The van der Waals surface area contributed by atoms with Gasteiger partial charge in [-0.1, -0.05) is 42.5 Å². The monoisotopic (exact) mass is 543 g/mol. The number of ether oxygens (including phenoxy) is 2. The number of carbonyl (C=O) groups excluding carboxylic acids is 4. The third-order valence-electron chi connectivity index (χ3n) is 6.40. The van der Waals surface area contributed by atoms with Crippen LogP contribution in [0.25, 0.3) is 22.3 Å². The molecule has 1 aromatic heterocycles. The van der Waals surface area contributed by atoms with Crippen LogP contribution in [0.3, 0.4) is 0 Å². The zero-order chi connectivity index (χ0) is 27.5. The van der Waals surface area contributed by atoms with Gasteiger partial charge in [-0.3, -0.25) is 14.5 Å². The highest BCUT2D eigenvalue weighted by Gasteiger charge is 2.43. The van der Waals surface area contributed by atoms with Crippen LogP contribution in [0.2, 0.25) is 0 Å². The molecule has 2 heterocycles. The molecular formula is C30H25NO7S. The average Bonchev–Trinajstić information content (AvgIpc) is 3.45. The Kier molecular flexibility index (Phi) is 7.51. The van der Waals surface area contributed by atoms with Gasteiger partial charge in [0.05, 0.1) is 17.7 Å². The molecule has 0 unspecified atom stereocenters. The number of benzene rings is 3. The van der Waals surface area contributed by atoms with E-state index in [2.05, 4.69) is 0 Å². The number of rotatable bonds is 9. The number of imide groups is 1. The van der Waals surface area contributed by atoms with E-state index >= 15 is 0 Å². The van der Waals surface area contributed by atoms with Crippen molar-refractivity contribution in [2.75, 3.05) is 18.6 Å². The summed E-state index contributed by atoms with van der Waals surface area (Å²) in [4.78, 5) is 53.6. The Bertz CT molecular complexity index is 1540. The second kappa shape index (κ2) is 11.2. The minimum Gasteiger partial charge on any atom is -0.462 e. The molecule has 0 saturated heterocycles. The highest BCUT2D eigenvalue weighted by Crippen LogP contribution is 2.36. The van der Waals surface area contributed by atoms with Crippen molar-refractivity contribution in [1.29, 1.82) is 0 Å². The van der Waals surface area contributed by atoms with Gasteiger partial charge in [0.2, 0.25) is 0 Å². The summed E-state index contributed by atoms with van der Waals surface area (Å²) in [6.07, 6.45) is 2.10. The van der Waals surface area contributed by atoms with Crippen LogP contribution in [-0.4, -0.2) is 53.3 Å². The van der Waals surface area contributed by atoms with Crippen LogP contribution >= 0.6 is 11.8 Å². The maximum absolute atomic E-state index is 13.4. The number of furan rings is 1. The van der Waals surface area contributed by atoms with Crippen LogP contribution in [0.1, 0.15) is 44.4 Å². The number of thioether (sulfide) groups is 1. The van der Waals surface area contributed by atoms with Gasteiger partial charge in [0.25, 0.3) is 11.8 Å². The van der Waals surface area contributed by atoms with Crippen LogP contribution in [0.15, 0.2) is 77.2 Å². The van der Waals surface area contributed by atoms with E-state index in [-0.39, 0.29) is 35.5 Å². The van der Waals surface area contributed by atoms with Gasteiger partial charge in [0.1, 0.15) is 28.7 Å². The Hall–Kier alpha value is -4.37. The summed E-state index contributed by atoms with van der Waals surface area (Å²) in [5.41, 5.74) is 1.85. The SMILES string of the molecule is CCOC(=O)c1c(-c2ccccc2)oc2ccc(OC(=O)[C@@H](CCSC)N3C(=O)c4ccccc4C3=O)cc12. The predicted octanol–water partition coefficient (Wildman–Crippen LogP) is 5.60. The largest absolute Gasteiger partial charge is 0.462 e. The van der Waals surface area contributed by atoms with Gasteiger partial charge in [-0.15, -0.1) is 0 Å². The Morgan fingerprint density at radius 2 is 1.62 bits per heavy atom. The van der Waals surface area contributed by atoms with Gasteiger partial charge >= 0.3 is 11.9 Å². The fourth-order valence-corrected chi connectivity index (χ4v) is 5.05. The smallest absolute Gasteiger partial charge is 0.342 e. The zero-order valence-electron chi connectivity index (χ0n) is 21.3. The van der Waals surface area contributed by atoms with Crippen LogP contribution < -0.4 is 4.74 Å². The number of hydrogen-bond donors (Lipinski definition) is 0. The fraction of sp³-hybridized carbons (Fsp3) is 0.200. The highest BCUT2D eigenvalue weighted by atomic mass is 32.2. The minimum atomic E-state index is -1.12. The maximum atomic E-state index is 13.4. The van der Waals surface area contributed by atoms with Crippen molar-refractivity contribution in [2.24, 2.45) is 0 Å². The number of nitrogens with zero attached hydrogens (tertiary/aromatic N) is 1. The van der Waals surface area contributed by atoms with E-state index in [1.54, 1.807) is 43.3 Å².